The van der Waals surface area contributed by atoms with Crippen LogP contribution in [0.15, 0.2) is 30.3 Å². The molecule has 0 N–H and O–H groups in total. The largest absolute Gasteiger partial charge is 0.373 e. The molecule has 4 heteroatoms. The summed E-state index contributed by atoms with van der Waals surface area (Å²) in [6, 6.07) is 9.98. The number of rotatable bonds is 4. The highest BCUT2D eigenvalue weighted by molar-refractivity contribution is 6.30. The van der Waals surface area contributed by atoms with Crippen LogP contribution in [0.2, 0.25) is 5.15 Å². The number of hydrogen-bond acceptors (Lipinski definition) is 3. The van der Waals surface area contributed by atoms with Crippen molar-refractivity contribution in [3.05, 3.63) is 46.9 Å². The van der Waals surface area contributed by atoms with Crippen LogP contribution in [-0.2, 0) is 4.74 Å². The van der Waals surface area contributed by atoms with Gasteiger partial charge in [0.05, 0.1) is 5.69 Å². The maximum Gasteiger partial charge on any atom is 0.159 e. The molecule has 0 spiro atoms. The molecule has 0 aliphatic heterocycles. The van der Waals surface area contributed by atoms with Crippen molar-refractivity contribution in [2.75, 3.05) is 7.11 Å². The molecule has 100 valence electrons. The van der Waals surface area contributed by atoms with Gasteiger partial charge in [0.25, 0.3) is 0 Å². The first-order chi connectivity index (χ1) is 9.17. The molecule has 0 amide bonds. The van der Waals surface area contributed by atoms with E-state index in [9.17, 15) is 0 Å². The average molecular weight is 277 g/mol. The molecule has 19 heavy (non-hydrogen) atoms. The Morgan fingerprint density at radius 3 is 2.47 bits per heavy atom. The summed E-state index contributed by atoms with van der Waals surface area (Å²) in [5, 5.41) is 0.486. The van der Waals surface area contributed by atoms with E-state index in [1.807, 2.05) is 44.2 Å². The van der Waals surface area contributed by atoms with Crippen LogP contribution in [0.5, 0.6) is 0 Å². The molecular weight excluding hydrogens is 260 g/mol. The lowest BCUT2D eigenvalue weighted by Crippen LogP contribution is -2.08. The molecule has 1 atom stereocenters. The van der Waals surface area contributed by atoms with Gasteiger partial charge >= 0.3 is 0 Å². The molecule has 1 aromatic carbocycles. The molecular formula is C15H17ClN2O. The Kier molecular flexibility index (Phi) is 4.51. The Morgan fingerprint density at radius 1 is 1.21 bits per heavy atom. The van der Waals surface area contributed by atoms with E-state index < -0.39 is 0 Å². The van der Waals surface area contributed by atoms with Crippen molar-refractivity contribution < 1.29 is 4.74 Å². The monoisotopic (exact) mass is 276 g/mol. The zero-order valence-electron chi connectivity index (χ0n) is 11.4. The number of methoxy groups -OCH3 is 1. The van der Waals surface area contributed by atoms with Crippen molar-refractivity contribution in [3.8, 4) is 11.3 Å². The molecule has 3 nitrogen and oxygen atoms in total. The van der Waals surface area contributed by atoms with E-state index in [0.29, 0.717) is 11.0 Å². The smallest absolute Gasteiger partial charge is 0.159 e. The molecule has 0 aliphatic rings. The molecule has 2 rings (SSSR count). The molecule has 0 saturated heterocycles. The van der Waals surface area contributed by atoms with Gasteiger partial charge in [0.2, 0.25) is 0 Å². The van der Waals surface area contributed by atoms with Crippen LogP contribution in [-0.4, -0.2) is 17.1 Å². The maximum atomic E-state index is 6.22. The Morgan fingerprint density at radius 2 is 1.89 bits per heavy atom. The number of benzene rings is 1. The molecule has 1 heterocycles. The fourth-order valence-corrected chi connectivity index (χ4v) is 2.16. The van der Waals surface area contributed by atoms with Gasteiger partial charge in [-0.3, -0.25) is 0 Å². The summed E-state index contributed by atoms with van der Waals surface area (Å²) >= 11 is 6.22. The molecule has 1 unspecified atom stereocenters. The van der Waals surface area contributed by atoms with Crippen LogP contribution in [0.3, 0.4) is 0 Å². The van der Waals surface area contributed by atoms with Crippen molar-refractivity contribution in [2.24, 2.45) is 0 Å². The average Bonchev–Trinajstić information content (AvgIpc) is 2.44. The topological polar surface area (TPSA) is 35.0 Å². The second kappa shape index (κ2) is 6.13. The lowest BCUT2D eigenvalue weighted by molar-refractivity contribution is 0.0926. The molecule has 2 aromatic rings. The van der Waals surface area contributed by atoms with Gasteiger partial charge in [0.1, 0.15) is 11.3 Å². The van der Waals surface area contributed by atoms with Gasteiger partial charge in [-0.1, -0.05) is 48.9 Å². The summed E-state index contributed by atoms with van der Waals surface area (Å²) in [5.41, 5.74) is 2.80. The van der Waals surface area contributed by atoms with Crippen LogP contribution in [0, 0.1) is 6.92 Å². The van der Waals surface area contributed by atoms with Gasteiger partial charge in [-0.2, -0.15) is 0 Å². The van der Waals surface area contributed by atoms with Crippen LogP contribution < -0.4 is 0 Å². The zero-order valence-corrected chi connectivity index (χ0v) is 12.1. The predicted octanol–water partition coefficient (Wildman–Crippen LogP) is 4.20. The lowest BCUT2D eigenvalue weighted by Gasteiger charge is -2.15. The molecule has 0 radical (unpaired) electrons. The third kappa shape index (κ3) is 2.94. The summed E-state index contributed by atoms with van der Waals surface area (Å²) in [7, 11) is 1.66. The molecule has 0 saturated carbocycles. The minimum Gasteiger partial charge on any atom is -0.373 e. The Balaban J connectivity index is 2.55. The van der Waals surface area contributed by atoms with Crippen LogP contribution in [0.1, 0.15) is 30.8 Å². The van der Waals surface area contributed by atoms with E-state index in [-0.39, 0.29) is 6.10 Å². The highest BCUT2D eigenvalue weighted by Gasteiger charge is 2.17. The molecule has 0 aliphatic carbocycles. The van der Waals surface area contributed by atoms with E-state index in [4.69, 9.17) is 16.3 Å². The zero-order chi connectivity index (χ0) is 13.8. The van der Waals surface area contributed by atoms with Gasteiger partial charge in [-0.05, 0) is 13.3 Å². The number of hydrogen-bond donors (Lipinski definition) is 0. The highest BCUT2D eigenvalue weighted by atomic mass is 35.5. The van der Waals surface area contributed by atoms with E-state index in [1.165, 1.54) is 0 Å². The van der Waals surface area contributed by atoms with Gasteiger partial charge in [-0.15, -0.1) is 0 Å². The number of ether oxygens (including phenoxy) is 1. The number of aromatic nitrogens is 2. The molecule has 1 aromatic heterocycles. The third-order valence-electron chi connectivity index (χ3n) is 3.09. The molecule has 0 bridgehead atoms. The summed E-state index contributed by atoms with van der Waals surface area (Å²) in [5.74, 6) is 0.638. The minimum atomic E-state index is -0.124. The van der Waals surface area contributed by atoms with Crippen molar-refractivity contribution in [1.29, 1.82) is 0 Å². The van der Waals surface area contributed by atoms with Crippen molar-refractivity contribution in [2.45, 2.75) is 26.4 Å². The first-order valence-corrected chi connectivity index (χ1v) is 6.67. The number of nitrogens with zero attached hydrogens (tertiary/aromatic N) is 2. The quantitative estimate of drug-likeness (QED) is 0.785. The summed E-state index contributed by atoms with van der Waals surface area (Å²) in [6.07, 6.45) is 0.685. The van der Waals surface area contributed by atoms with E-state index in [1.54, 1.807) is 7.11 Å². The second-order valence-electron chi connectivity index (χ2n) is 4.34. The minimum absolute atomic E-state index is 0.124. The van der Waals surface area contributed by atoms with Crippen LogP contribution in [0.4, 0.5) is 0 Å². The first kappa shape index (κ1) is 14.0. The van der Waals surface area contributed by atoms with Gasteiger partial charge in [-0.25, -0.2) is 9.97 Å². The SMILES string of the molecule is CCC(OC)c1nc(Cl)c(C)c(-c2ccccc2)n1. The highest BCUT2D eigenvalue weighted by Crippen LogP contribution is 2.28. The Hall–Kier alpha value is -1.45. The summed E-state index contributed by atoms with van der Waals surface area (Å²) < 4.78 is 5.39. The fourth-order valence-electron chi connectivity index (χ4n) is 1.98. The van der Waals surface area contributed by atoms with E-state index >= 15 is 0 Å². The standard InChI is InChI=1S/C15H17ClN2O/c1-4-12(19-3)15-17-13(10(2)14(16)18-15)11-8-6-5-7-9-11/h5-9,12H,4H2,1-3H3. The third-order valence-corrected chi connectivity index (χ3v) is 3.46. The van der Waals surface area contributed by atoms with Crippen LogP contribution >= 0.6 is 11.6 Å². The van der Waals surface area contributed by atoms with Crippen molar-refractivity contribution in [1.82, 2.24) is 9.97 Å². The predicted molar refractivity (Wildman–Crippen MR) is 77.3 cm³/mol. The summed E-state index contributed by atoms with van der Waals surface area (Å²) in [6.45, 7) is 3.97. The van der Waals surface area contributed by atoms with Crippen molar-refractivity contribution in [3.63, 3.8) is 0 Å². The Labute approximate surface area is 118 Å². The van der Waals surface area contributed by atoms with Gasteiger partial charge in [0, 0.05) is 18.2 Å². The fraction of sp³-hybridized carbons (Fsp3) is 0.333. The van der Waals surface area contributed by atoms with E-state index in [0.717, 1.165) is 23.2 Å². The molecule has 0 fully saturated rings. The first-order valence-electron chi connectivity index (χ1n) is 6.29. The summed E-state index contributed by atoms with van der Waals surface area (Å²) in [4.78, 5) is 8.96. The van der Waals surface area contributed by atoms with Crippen LogP contribution in [0.25, 0.3) is 11.3 Å². The van der Waals surface area contributed by atoms with E-state index in [2.05, 4.69) is 9.97 Å². The lowest BCUT2D eigenvalue weighted by atomic mass is 10.1. The van der Waals surface area contributed by atoms with Gasteiger partial charge in [0.15, 0.2) is 5.82 Å². The van der Waals surface area contributed by atoms with Crippen molar-refractivity contribution >= 4 is 11.6 Å². The Bertz CT molecular complexity index is 554. The van der Waals surface area contributed by atoms with Gasteiger partial charge < -0.3 is 4.74 Å². The normalized spacial score (nSPS) is 12.4. The maximum absolute atomic E-state index is 6.22. The number of halogens is 1. The second-order valence-corrected chi connectivity index (χ2v) is 4.70.